The van der Waals surface area contributed by atoms with Crippen molar-refractivity contribution < 1.29 is 19.1 Å². The molecule has 0 fully saturated rings. The predicted octanol–water partition coefficient (Wildman–Crippen LogP) is 9.66. The number of aromatic nitrogens is 5. The molecule has 0 aliphatic carbocycles. The van der Waals surface area contributed by atoms with E-state index in [-0.39, 0.29) is 31.0 Å². The highest BCUT2D eigenvalue weighted by Gasteiger charge is 2.21. The van der Waals surface area contributed by atoms with Crippen molar-refractivity contribution in [3.8, 4) is 22.5 Å². The Labute approximate surface area is 374 Å². The first-order valence-electron chi connectivity index (χ1n) is 21.8. The van der Waals surface area contributed by atoms with Crippen molar-refractivity contribution in [1.29, 1.82) is 0 Å². The summed E-state index contributed by atoms with van der Waals surface area (Å²) in [6.07, 6.45) is 0.514. The Morgan fingerprint density at radius 3 is 1.92 bits per heavy atom. The zero-order valence-corrected chi connectivity index (χ0v) is 37.4. The third kappa shape index (κ3) is 12.5. The summed E-state index contributed by atoms with van der Waals surface area (Å²) in [7, 11) is 0. The number of rotatable bonds is 15. The van der Waals surface area contributed by atoms with Crippen LogP contribution in [0.5, 0.6) is 0 Å². The average molecular weight is 867 g/mol. The second-order valence-corrected chi connectivity index (χ2v) is 15.2. The van der Waals surface area contributed by atoms with Gasteiger partial charge in [-0.1, -0.05) is 112 Å². The summed E-state index contributed by atoms with van der Waals surface area (Å²) >= 11 is 0. The zero-order valence-electron chi connectivity index (χ0n) is 37.4. The van der Waals surface area contributed by atoms with Crippen LogP contribution in [-0.2, 0) is 9.47 Å². The van der Waals surface area contributed by atoms with Gasteiger partial charge in [-0.2, -0.15) is 9.97 Å². The number of fused-ring (bicyclic) bond motifs is 2. The molecule has 4 heterocycles. The Kier molecular flexibility index (Phi) is 16.5. The normalized spacial score (nSPS) is 12.9. The lowest BCUT2D eigenvalue weighted by atomic mass is 10.0. The Balaban J connectivity index is 0.000000241. The van der Waals surface area contributed by atoms with Crippen molar-refractivity contribution in [1.82, 2.24) is 29.8 Å². The number of nitrogens with two attached hydrogens (primary N) is 1. The number of nitrogens with zero attached hydrogens (tertiary/aromatic N) is 7. The van der Waals surface area contributed by atoms with Gasteiger partial charge in [0.05, 0.1) is 36.0 Å². The molecule has 6 N–H and O–H groups in total. The van der Waals surface area contributed by atoms with Crippen LogP contribution in [0, 0.1) is 5.92 Å². The van der Waals surface area contributed by atoms with Gasteiger partial charge in [-0.3, -0.25) is 10.6 Å². The minimum atomic E-state index is -0.626. The second-order valence-electron chi connectivity index (χ2n) is 15.2. The number of benzene rings is 3. The lowest BCUT2D eigenvalue weighted by molar-refractivity contribution is 0.167. The van der Waals surface area contributed by atoms with Crippen molar-refractivity contribution in [2.24, 2.45) is 10.9 Å². The average Bonchev–Trinajstić information content (AvgIpc) is 3.52. The van der Waals surface area contributed by atoms with E-state index in [0.29, 0.717) is 40.9 Å². The maximum atomic E-state index is 12.3. The van der Waals surface area contributed by atoms with E-state index >= 15 is 0 Å². The Hall–Kier alpha value is -7.20. The summed E-state index contributed by atoms with van der Waals surface area (Å²) in [6.45, 7) is 16.7. The largest absolute Gasteiger partial charge is 0.450 e. The van der Waals surface area contributed by atoms with Gasteiger partial charge in [-0.25, -0.2) is 29.5 Å². The van der Waals surface area contributed by atoms with Gasteiger partial charge < -0.3 is 30.7 Å². The molecule has 16 heteroatoms. The highest BCUT2D eigenvalue weighted by atomic mass is 16.6. The SMILES string of the molecule is CCOC(=O)Nc1cc(NC(C)CC(C)CN(CC)CC)c2nc(-c3ccccc3)c(-c3ccccc3)nc2n1.CCOC(=O)Nc1nc(N)c2c(n1)NCCC(c1ccccc1)=N2. The minimum Gasteiger partial charge on any atom is -0.450 e. The van der Waals surface area contributed by atoms with E-state index in [4.69, 9.17) is 25.2 Å². The quantitative estimate of drug-likeness (QED) is 0.0652. The lowest BCUT2D eigenvalue weighted by Crippen LogP contribution is -2.30. The molecular formula is C48H58N12O4. The summed E-state index contributed by atoms with van der Waals surface area (Å²) < 4.78 is 9.92. The first-order valence-corrected chi connectivity index (χ1v) is 21.8. The van der Waals surface area contributed by atoms with Crippen LogP contribution in [0.15, 0.2) is 102 Å². The Morgan fingerprint density at radius 1 is 0.750 bits per heavy atom. The number of nitrogens with one attached hydrogen (secondary N) is 4. The molecule has 7 rings (SSSR count). The number of nitrogen functional groups attached to an aromatic ring is 1. The van der Waals surface area contributed by atoms with E-state index in [1.165, 1.54) is 0 Å². The molecule has 0 saturated heterocycles. The predicted molar refractivity (Wildman–Crippen MR) is 256 cm³/mol. The van der Waals surface area contributed by atoms with Gasteiger partial charge in [0.15, 0.2) is 17.3 Å². The van der Waals surface area contributed by atoms with Crippen LogP contribution in [0.25, 0.3) is 33.7 Å². The van der Waals surface area contributed by atoms with Crippen LogP contribution in [0.2, 0.25) is 0 Å². The number of hydrogen-bond donors (Lipinski definition) is 5. The third-order valence-electron chi connectivity index (χ3n) is 10.3. The molecule has 6 aromatic rings. The number of aliphatic imine (C=N–C) groups is 1. The van der Waals surface area contributed by atoms with Crippen LogP contribution in [0.1, 0.15) is 59.9 Å². The van der Waals surface area contributed by atoms with Crippen molar-refractivity contribution in [2.45, 2.75) is 60.4 Å². The molecule has 0 saturated carbocycles. The topological polar surface area (TPSA) is 207 Å². The standard InChI is InChI=1S/C32H40N6O2.C16H18N6O2/c1-6-38(7-2)21-22(4)19-23(5)33-26-20-27(35-32(39)40-8-3)34-31-30(26)36-28(24-15-11-9-12-16-24)29(37-31)25-17-13-10-14-18-25;1-2-24-16(23)22-15-20-13(17)12-14(21-15)18-9-8-11(19-12)10-6-4-3-5-7-10/h9-18,20,22-23H,6-8,19,21H2,1-5H3,(H2,33,34,35,37,39);3-7H,2,8-9H2,1H3,(H4,17,18,20,21,22,23). The fraction of sp³-hybridized carbons (Fsp3) is 0.333. The number of amides is 2. The van der Waals surface area contributed by atoms with Gasteiger partial charge in [0.2, 0.25) is 5.95 Å². The molecule has 16 nitrogen and oxygen atoms in total. The van der Waals surface area contributed by atoms with Crippen molar-refractivity contribution in [2.75, 3.05) is 66.4 Å². The highest BCUT2D eigenvalue weighted by Crippen LogP contribution is 2.35. The number of ether oxygens (including phenoxy) is 2. The fourth-order valence-corrected chi connectivity index (χ4v) is 7.35. The molecule has 2 amide bonds. The minimum absolute atomic E-state index is 0.0792. The molecule has 0 spiro atoms. The van der Waals surface area contributed by atoms with E-state index in [1.54, 1.807) is 13.8 Å². The van der Waals surface area contributed by atoms with Crippen molar-refractivity contribution >= 4 is 63.8 Å². The molecule has 2 atom stereocenters. The van der Waals surface area contributed by atoms with E-state index in [1.807, 2.05) is 97.1 Å². The van der Waals surface area contributed by atoms with Crippen molar-refractivity contribution in [3.05, 3.63) is 103 Å². The molecule has 0 bridgehead atoms. The maximum absolute atomic E-state index is 12.3. The Morgan fingerprint density at radius 2 is 1.33 bits per heavy atom. The van der Waals surface area contributed by atoms with E-state index in [9.17, 15) is 9.59 Å². The molecular weight excluding hydrogens is 809 g/mol. The van der Waals surface area contributed by atoms with E-state index in [0.717, 1.165) is 72.0 Å². The maximum Gasteiger partial charge on any atom is 0.414 e. The first kappa shape index (κ1) is 46.3. The van der Waals surface area contributed by atoms with Crippen LogP contribution in [0.3, 0.4) is 0 Å². The van der Waals surface area contributed by atoms with E-state index in [2.05, 4.69) is 73.8 Å². The molecule has 64 heavy (non-hydrogen) atoms. The molecule has 3 aromatic carbocycles. The second kappa shape index (κ2) is 22.8. The van der Waals surface area contributed by atoms with Gasteiger partial charge >= 0.3 is 12.2 Å². The molecule has 2 unspecified atom stereocenters. The number of hydrogen-bond acceptors (Lipinski definition) is 14. The van der Waals surface area contributed by atoms with Crippen molar-refractivity contribution in [3.63, 3.8) is 0 Å². The monoisotopic (exact) mass is 866 g/mol. The molecule has 1 aliphatic heterocycles. The number of carbonyl (C=O) groups is 2. The summed E-state index contributed by atoms with van der Waals surface area (Å²) in [5.41, 5.74) is 13.7. The third-order valence-corrected chi connectivity index (χ3v) is 10.3. The van der Waals surface area contributed by atoms with Gasteiger partial charge in [0, 0.05) is 42.7 Å². The highest BCUT2D eigenvalue weighted by molar-refractivity contribution is 6.04. The number of anilines is 5. The zero-order chi connectivity index (χ0) is 45.4. The van der Waals surface area contributed by atoms with Gasteiger partial charge in [-0.05, 0) is 51.8 Å². The molecule has 1 aliphatic rings. The molecule has 0 radical (unpaired) electrons. The van der Waals surface area contributed by atoms with Gasteiger partial charge in [0.25, 0.3) is 0 Å². The smallest absolute Gasteiger partial charge is 0.414 e. The number of carbonyl (C=O) groups excluding carboxylic acids is 2. The summed E-state index contributed by atoms with van der Waals surface area (Å²) in [6, 6.07) is 31.9. The fourth-order valence-electron chi connectivity index (χ4n) is 7.35. The summed E-state index contributed by atoms with van der Waals surface area (Å²) in [5, 5.41) is 12.0. The summed E-state index contributed by atoms with van der Waals surface area (Å²) in [4.78, 5) is 54.0. The van der Waals surface area contributed by atoms with Crippen LogP contribution < -0.4 is 27.0 Å². The van der Waals surface area contributed by atoms with Crippen LogP contribution in [-0.4, -0.2) is 93.2 Å². The molecule has 3 aromatic heterocycles. The van der Waals surface area contributed by atoms with Crippen LogP contribution >= 0.6 is 0 Å². The first-order chi connectivity index (χ1) is 31.1. The van der Waals surface area contributed by atoms with Crippen LogP contribution in [0.4, 0.5) is 44.4 Å². The lowest BCUT2D eigenvalue weighted by Gasteiger charge is -2.26. The van der Waals surface area contributed by atoms with E-state index < -0.39 is 12.2 Å². The van der Waals surface area contributed by atoms with Gasteiger partial charge in [-0.15, -0.1) is 0 Å². The number of pyridine rings is 1. The van der Waals surface area contributed by atoms with Gasteiger partial charge in [0.1, 0.15) is 17.0 Å². The summed E-state index contributed by atoms with van der Waals surface area (Å²) in [5.74, 6) is 1.62. The Bertz CT molecular complexity index is 2500. The molecule has 334 valence electrons.